The average Bonchev–Trinajstić information content (AvgIpc) is 2.99. The number of halogens is 1. The molecule has 0 saturated carbocycles. The van der Waals surface area contributed by atoms with Gasteiger partial charge < -0.3 is 26.1 Å². The Hall–Kier alpha value is -3.07. The minimum Gasteiger partial charge on any atom is -0.494 e. The average molecular weight is 390 g/mol. The normalized spacial score (nSPS) is 10.9. The van der Waals surface area contributed by atoms with E-state index in [1.807, 2.05) is 36.6 Å². The van der Waals surface area contributed by atoms with Gasteiger partial charge in [-0.3, -0.25) is 4.79 Å². The SMILES string of the molecule is CCOc1ccc2nc(CNC(=O)c3nc(Cl)c(N)nc3N)n(CC)c2c1. The van der Waals surface area contributed by atoms with Crippen LogP contribution in [-0.2, 0) is 13.1 Å². The second kappa shape index (κ2) is 7.67. The Morgan fingerprint density at radius 1 is 1.22 bits per heavy atom. The van der Waals surface area contributed by atoms with Gasteiger partial charge in [-0.2, -0.15) is 0 Å². The first kappa shape index (κ1) is 18.7. The van der Waals surface area contributed by atoms with Gasteiger partial charge in [0.1, 0.15) is 11.6 Å². The zero-order valence-corrected chi connectivity index (χ0v) is 15.7. The molecule has 2 aromatic heterocycles. The Bertz CT molecular complexity index is 1000. The fraction of sp³-hybridized carbons (Fsp3) is 0.294. The van der Waals surface area contributed by atoms with E-state index in [4.69, 9.17) is 27.8 Å². The molecule has 0 fully saturated rings. The molecule has 2 heterocycles. The van der Waals surface area contributed by atoms with Gasteiger partial charge in [-0.25, -0.2) is 15.0 Å². The predicted octanol–water partition coefficient (Wildman–Crippen LogP) is 1.99. The van der Waals surface area contributed by atoms with Crippen LogP contribution < -0.4 is 21.5 Å². The number of benzene rings is 1. The second-order valence-corrected chi connectivity index (χ2v) is 6.03. The number of nitrogens with two attached hydrogens (primary N) is 2. The van der Waals surface area contributed by atoms with Crippen LogP contribution in [-0.4, -0.2) is 32.0 Å². The summed E-state index contributed by atoms with van der Waals surface area (Å²) in [6.45, 7) is 5.39. The van der Waals surface area contributed by atoms with E-state index in [9.17, 15) is 4.79 Å². The fourth-order valence-corrected chi connectivity index (χ4v) is 2.88. The summed E-state index contributed by atoms with van der Waals surface area (Å²) in [7, 11) is 0. The summed E-state index contributed by atoms with van der Waals surface area (Å²) in [5.74, 6) is 0.854. The smallest absolute Gasteiger partial charge is 0.274 e. The number of aromatic nitrogens is 4. The lowest BCUT2D eigenvalue weighted by atomic mass is 10.3. The molecule has 3 rings (SSSR count). The molecule has 10 heteroatoms. The number of nitrogens with one attached hydrogen (secondary N) is 1. The number of carbonyl (C=O) groups excluding carboxylic acids is 1. The van der Waals surface area contributed by atoms with Crippen LogP contribution in [0.25, 0.3) is 11.0 Å². The summed E-state index contributed by atoms with van der Waals surface area (Å²) in [6.07, 6.45) is 0. The third kappa shape index (κ3) is 3.72. The molecule has 9 nitrogen and oxygen atoms in total. The predicted molar refractivity (Wildman–Crippen MR) is 104 cm³/mol. The number of nitrogen functional groups attached to an aromatic ring is 2. The lowest BCUT2D eigenvalue weighted by Gasteiger charge is -2.09. The third-order valence-electron chi connectivity index (χ3n) is 3.95. The summed E-state index contributed by atoms with van der Waals surface area (Å²) >= 11 is 5.83. The maximum absolute atomic E-state index is 12.4. The Morgan fingerprint density at radius 3 is 2.70 bits per heavy atom. The molecule has 0 saturated heterocycles. The lowest BCUT2D eigenvalue weighted by molar-refractivity contribution is 0.0945. The largest absolute Gasteiger partial charge is 0.494 e. The topological polar surface area (TPSA) is 134 Å². The van der Waals surface area contributed by atoms with E-state index in [-0.39, 0.29) is 29.0 Å². The monoisotopic (exact) mass is 389 g/mol. The summed E-state index contributed by atoms with van der Waals surface area (Å²) in [5, 5.41) is 2.67. The number of rotatable bonds is 6. The van der Waals surface area contributed by atoms with Gasteiger partial charge in [0.2, 0.25) is 0 Å². The molecule has 0 aliphatic heterocycles. The lowest BCUT2D eigenvalue weighted by Crippen LogP contribution is -2.27. The molecular formula is C17H20ClN7O2. The van der Waals surface area contributed by atoms with Crippen LogP contribution in [0.1, 0.15) is 30.2 Å². The molecule has 0 aliphatic carbocycles. The molecule has 0 aliphatic rings. The molecule has 0 spiro atoms. The number of anilines is 2. The highest BCUT2D eigenvalue weighted by Crippen LogP contribution is 2.23. The molecule has 1 amide bonds. The van der Waals surface area contributed by atoms with E-state index in [0.717, 1.165) is 16.8 Å². The Morgan fingerprint density at radius 2 is 2.00 bits per heavy atom. The first-order valence-electron chi connectivity index (χ1n) is 8.43. The van der Waals surface area contributed by atoms with E-state index in [2.05, 4.69) is 20.3 Å². The van der Waals surface area contributed by atoms with Gasteiger partial charge in [0.15, 0.2) is 22.5 Å². The highest BCUT2D eigenvalue weighted by molar-refractivity contribution is 6.31. The number of nitrogens with zero attached hydrogens (tertiary/aromatic N) is 4. The molecule has 0 radical (unpaired) electrons. The van der Waals surface area contributed by atoms with Crippen molar-refractivity contribution >= 4 is 40.2 Å². The number of imidazole rings is 1. The number of hydrogen-bond donors (Lipinski definition) is 3. The van der Waals surface area contributed by atoms with Crippen molar-refractivity contribution in [1.29, 1.82) is 0 Å². The van der Waals surface area contributed by atoms with Crippen LogP contribution in [0.5, 0.6) is 5.75 Å². The molecule has 5 N–H and O–H groups in total. The number of aryl methyl sites for hydroxylation is 1. The number of fused-ring (bicyclic) bond motifs is 1. The zero-order chi connectivity index (χ0) is 19.6. The minimum absolute atomic E-state index is 0.0244. The maximum atomic E-state index is 12.4. The fourth-order valence-electron chi connectivity index (χ4n) is 2.75. The van der Waals surface area contributed by atoms with Crippen molar-refractivity contribution in [2.45, 2.75) is 26.9 Å². The summed E-state index contributed by atoms with van der Waals surface area (Å²) in [4.78, 5) is 24.7. The van der Waals surface area contributed by atoms with E-state index < -0.39 is 5.91 Å². The molecule has 0 atom stereocenters. The first-order valence-corrected chi connectivity index (χ1v) is 8.81. The van der Waals surface area contributed by atoms with Crippen molar-refractivity contribution in [3.63, 3.8) is 0 Å². The van der Waals surface area contributed by atoms with Crippen molar-refractivity contribution in [3.05, 3.63) is 34.9 Å². The number of carbonyl (C=O) groups is 1. The zero-order valence-electron chi connectivity index (χ0n) is 15.0. The molecule has 3 aromatic rings. The van der Waals surface area contributed by atoms with Crippen LogP contribution in [0.2, 0.25) is 5.15 Å². The summed E-state index contributed by atoms with van der Waals surface area (Å²) in [6, 6.07) is 5.69. The van der Waals surface area contributed by atoms with Crippen molar-refractivity contribution in [3.8, 4) is 5.75 Å². The number of hydrogen-bond acceptors (Lipinski definition) is 7. The Balaban J connectivity index is 1.84. The molecule has 0 bridgehead atoms. The van der Waals surface area contributed by atoms with Gasteiger partial charge in [-0.05, 0) is 26.0 Å². The van der Waals surface area contributed by atoms with Crippen molar-refractivity contribution in [2.75, 3.05) is 18.1 Å². The summed E-state index contributed by atoms with van der Waals surface area (Å²) < 4.78 is 7.55. The van der Waals surface area contributed by atoms with Crippen molar-refractivity contribution in [1.82, 2.24) is 24.8 Å². The number of ether oxygens (including phenoxy) is 1. The van der Waals surface area contributed by atoms with Crippen LogP contribution in [0, 0.1) is 0 Å². The van der Waals surface area contributed by atoms with Gasteiger partial charge in [-0.1, -0.05) is 11.6 Å². The highest BCUT2D eigenvalue weighted by atomic mass is 35.5. The van der Waals surface area contributed by atoms with Gasteiger partial charge in [-0.15, -0.1) is 0 Å². The van der Waals surface area contributed by atoms with Gasteiger partial charge in [0.25, 0.3) is 5.91 Å². The van der Waals surface area contributed by atoms with Crippen LogP contribution >= 0.6 is 11.6 Å². The molecular weight excluding hydrogens is 370 g/mol. The van der Waals surface area contributed by atoms with Crippen LogP contribution in [0.3, 0.4) is 0 Å². The van der Waals surface area contributed by atoms with Gasteiger partial charge >= 0.3 is 0 Å². The standard InChI is InChI=1S/C17H20ClN7O2/c1-3-25-11-7-9(27-4-2)5-6-10(11)22-12(25)8-21-17(26)13-15(19)24-16(20)14(18)23-13/h5-7H,3-4,8H2,1-2H3,(H,21,26)(H4,19,20,24). The van der Waals surface area contributed by atoms with Crippen LogP contribution in [0.4, 0.5) is 11.6 Å². The minimum atomic E-state index is -0.508. The highest BCUT2D eigenvalue weighted by Gasteiger charge is 2.17. The van der Waals surface area contributed by atoms with Gasteiger partial charge in [0, 0.05) is 12.6 Å². The molecule has 1 aromatic carbocycles. The molecule has 142 valence electrons. The Labute approximate surface area is 160 Å². The first-order chi connectivity index (χ1) is 12.9. The van der Waals surface area contributed by atoms with Crippen molar-refractivity contribution in [2.24, 2.45) is 0 Å². The van der Waals surface area contributed by atoms with Crippen LogP contribution in [0.15, 0.2) is 18.2 Å². The number of amides is 1. The Kier molecular flexibility index (Phi) is 5.31. The molecule has 0 unspecified atom stereocenters. The maximum Gasteiger partial charge on any atom is 0.274 e. The quantitative estimate of drug-likeness (QED) is 0.586. The second-order valence-electron chi connectivity index (χ2n) is 5.67. The van der Waals surface area contributed by atoms with Gasteiger partial charge in [0.05, 0.1) is 24.2 Å². The third-order valence-corrected chi connectivity index (χ3v) is 4.23. The van der Waals surface area contributed by atoms with E-state index in [1.54, 1.807) is 0 Å². The summed E-state index contributed by atoms with van der Waals surface area (Å²) in [5.41, 5.74) is 12.9. The van der Waals surface area contributed by atoms with E-state index in [0.29, 0.717) is 19.0 Å². The molecule has 27 heavy (non-hydrogen) atoms. The van der Waals surface area contributed by atoms with Crippen molar-refractivity contribution < 1.29 is 9.53 Å². The van der Waals surface area contributed by atoms with E-state index in [1.165, 1.54) is 0 Å². The van der Waals surface area contributed by atoms with E-state index >= 15 is 0 Å².